The summed E-state index contributed by atoms with van der Waals surface area (Å²) in [5, 5.41) is 6.78. The smallest absolute Gasteiger partial charge is 0.471 e. The van der Waals surface area contributed by atoms with Gasteiger partial charge in [0, 0.05) is 10.9 Å². The average molecular weight is 521 g/mol. The van der Waals surface area contributed by atoms with E-state index in [4.69, 9.17) is 9.47 Å². The van der Waals surface area contributed by atoms with Crippen molar-refractivity contribution in [1.29, 1.82) is 0 Å². The van der Waals surface area contributed by atoms with Crippen LogP contribution in [0.2, 0.25) is 0 Å². The Labute approximate surface area is 209 Å². The number of ether oxygens (including phenoxy) is 2. The van der Waals surface area contributed by atoms with Gasteiger partial charge in [0.25, 0.3) is 0 Å². The summed E-state index contributed by atoms with van der Waals surface area (Å²) >= 11 is 0. The SMILES string of the molecule is C.COc1ccc(F)cc1[C@@H](Oc1ccc2c(cnn2-c2ccc(F)cc2)c1)[C@H](C)NC(=O)C(F)(F)F. The van der Waals surface area contributed by atoms with Gasteiger partial charge in [0.2, 0.25) is 0 Å². The molecule has 11 heteroatoms. The lowest BCUT2D eigenvalue weighted by Gasteiger charge is -2.28. The van der Waals surface area contributed by atoms with Gasteiger partial charge in [-0.1, -0.05) is 7.43 Å². The van der Waals surface area contributed by atoms with Crippen LogP contribution in [0.25, 0.3) is 16.6 Å². The number of rotatable bonds is 7. The molecule has 0 bridgehead atoms. The number of carbonyl (C=O) groups excluding carboxylic acids is 1. The Morgan fingerprint density at radius 2 is 1.68 bits per heavy atom. The highest BCUT2D eigenvalue weighted by molar-refractivity contribution is 5.82. The van der Waals surface area contributed by atoms with Gasteiger partial charge in [-0.05, 0) is 67.6 Å². The van der Waals surface area contributed by atoms with Gasteiger partial charge < -0.3 is 14.8 Å². The maximum atomic E-state index is 14.1. The van der Waals surface area contributed by atoms with Gasteiger partial charge >= 0.3 is 12.1 Å². The van der Waals surface area contributed by atoms with Crippen molar-refractivity contribution in [3.8, 4) is 17.2 Å². The van der Waals surface area contributed by atoms with Gasteiger partial charge in [-0.15, -0.1) is 0 Å². The number of halogens is 5. The van der Waals surface area contributed by atoms with Crippen LogP contribution in [0.15, 0.2) is 66.9 Å². The molecule has 4 rings (SSSR count). The number of fused-ring (bicyclic) bond motifs is 1. The van der Waals surface area contributed by atoms with E-state index in [-0.39, 0.29) is 24.5 Å². The number of benzene rings is 3. The van der Waals surface area contributed by atoms with E-state index in [0.29, 0.717) is 16.6 Å². The third-order valence-corrected chi connectivity index (χ3v) is 5.44. The summed E-state index contributed by atoms with van der Waals surface area (Å²) in [5.74, 6) is -2.82. The third kappa shape index (κ3) is 5.99. The van der Waals surface area contributed by atoms with Crippen LogP contribution in [0, 0.1) is 11.6 Å². The molecule has 37 heavy (non-hydrogen) atoms. The lowest BCUT2D eigenvalue weighted by Crippen LogP contribution is -2.45. The van der Waals surface area contributed by atoms with Gasteiger partial charge in [0.1, 0.15) is 29.2 Å². The number of amides is 1. The number of methoxy groups -OCH3 is 1. The number of hydrogen-bond acceptors (Lipinski definition) is 4. The molecule has 0 radical (unpaired) electrons. The molecular formula is C26H24F5N3O3. The number of alkyl halides is 3. The van der Waals surface area contributed by atoms with Crippen LogP contribution in [0.3, 0.4) is 0 Å². The number of hydrogen-bond donors (Lipinski definition) is 1. The summed E-state index contributed by atoms with van der Waals surface area (Å²) in [7, 11) is 1.32. The van der Waals surface area contributed by atoms with Gasteiger partial charge in [-0.3, -0.25) is 4.79 Å². The van der Waals surface area contributed by atoms with Crippen LogP contribution >= 0.6 is 0 Å². The predicted molar refractivity (Wildman–Crippen MR) is 128 cm³/mol. The van der Waals surface area contributed by atoms with Gasteiger partial charge in [0.05, 0.1) is 30.6 Å². The number of carbonyl (C=O) groups is 1. The van der Waals surface area contributed by atoms with E-state index in [2.05, 4.69) is 5.10 Å². The van der Waals surface area contributed by atoms with Crippen LogP contribution in [-0.2, 0) is 4.79 Å². The fourth-order valence-corrected chi connectivity index (χ4v) is 3.75. The van der Waals surface area contributed by atoms with Crippen molar-refractivity contribution in [3.63, 3.8) is 0 Å². The van der Waals surface area contributed by atoms with E-state index in [1.54, 1.807) is 35.0 Å². The Kier molecular flexibility index (Phi) is 8.05. The fraction of sp³-hybridized carbons (Fsp3) is 0.231. The Bertz CT molecular complexity index is 1390. The zero-order valence-electron chi connectivity index (χ0n) is 19.0. The van der Waals surface area contributed by atoms with Crippen molar-refractivity contribution in [1.82, 2.24) is 15.1 Å². The minimum atomic E-state index is -5.11. The van der Waals surface area contributed by atoms with Crippen molar-refractivity contribution in [2.75, 3.05) is 7.11 Å². The maximum Gasteiger partial charge on any atom is 0.471 e. The Morgan fingerprint density at radius 3 is 2.32 bits per heavy atom. The van der Waals surface area contributed by atoms with Crippen LogP contribution < -0.4 is 14.8 Å². The first-order valence-corrected chi connectivity index (χ1v) is 10.7. The second-order valence-electron chi connectivity index (χ2n) is 7.94. The first-order valence-electron chi connectivity index (χ1n) is 10.7. The summed E-state index contributed by atoms with van der Waals surface area (Å²) in [4.78, 5) is 11.6. The van der Waals surface area contributed by atoms with E-state index < -0.39 is 35.9 Å². The molecule has 0 unspecified atom stereocenters. The van der Waals surface area contributed by atoms with Gasteiger partial charge in [-0.2, -0.15) is 18.3 Å². The molecule has 3 aromatic carbocycles. The molecule has 6 nitrogen and oxygen atoms in total. The average Bonchev–Trinajstić information content (AvgIpc) is 3.25. The molecule has 0 saturated carbocycles. The third-order valence-electron chi connectivity index (χ3n) is 5.44. The van der Waals surface area contributed by atoms with E-state index >= 15 is 0 Å². The molecular weight excluding hydrogens is 497 g/mol. The Hall–Kier alpha value is -4.15. The van der Waals surface area contributed by atoms with Gasteiger partial charge in [0.15, 0.2) is 0 Å². The molecule has 0 fully saturated rings. The Balaban J connectivity index is 0.00000380. The molecule has 1 amide bonds. The lowest BCUT2D eigenvalue weighted by atomic mass is 10.0. The molecule has 1 aromatic heterocycles. The van der Waals surface area contributed by atoms with Crippen molar-refractivity contribution in [3.05, 3.63) is 84.1 Å². The van der Waals surface area contributed by atoms with E-state index in [1.807, 2.05) is 5.32 Å². The maximum absolute atomic E-state index is 14.1. The highest BCUT2D eigenvalue weighted by Gasteiger charge is 2.41. The second kappa shape index (κ2) is 10.9. The minimum absolute atomic E-state index is 0. The van der Waals surface area contributed by atoms with Crippen molar-refractivity contribution in [2.45, 2.75) is 32.7 Å². The summed E-state index contributed by atoms with van der Waals surface area (Å²) in [5.41, 5.74) is 1.38. The van der Waals surface area contributed by atoms with Crippen LogP contribution in [-0.4, -0.2) is 35.0 Å². The zero-order valence-corrected chi connectivity index (χ0v) is 19.0. The summed E-state index contributed by atoms with van der Waals surface area (Å²) < 4.78 is 78.8. The normalized spacial score (nSPS) is 12.9. The first kappa shape index (κ1) is 27.4. The van der Waals surface area contributed by atoms with Crippen molar-refractivity contribution >= 4 is 16.8 Å². The monoisotopic (exact) mass is 521 g/mol. The summed E-state index contributed by atoms with van der Waals surface area (Å²) in [6.45, 7) is 1.31. The quantitative estimate of drug-likeness (QED) is 0.297. The van der Waals surface area contributed by atoms with E-state index in [9.17, 15) is 26.7 Å². The van der Waals surface area contributed by atoms with Crippen LogP contribution in [0.1, 0.15) is 26.0 Å². The molecule has 1 N–H and O–H groups in total. The van der Waals surface area contributed by atoms with Crippen LogP contribution in [0.4, 0.5) is 22.0 Å². The van der Waals surface area contributed by atoms with Crippen molar-refractivity contribution in [2.24, 2.45) is 0 Å². The van der Waals surface area contributed by atoms with E-state index in [1.165, 1.54) is 38.4 Å². The highest BCUT2D eigenvalue weighted by atomic mass is 19.4. The lowest BCUT2D eigenvalue weighted by molar-refractivity contribution is -0.174. The Morgan fingerprint density at radius 1 is 1.00 bits per heavy atom. The molecule has 196 valence electrons. The molecule has 0 aliphatic carbocycles. The summed E-state index contributed by atoms with van der Waals surface area (Å²) in [6, 6.07) is 12.8. The standard InChI is InChI=1S/C25H20F5N3O3.CH4/c1-14(32-24(34)25(28,29)30)23(20-12-17(27)5-10-22(20)35-2)36-19-8-9-21-15(11-19)13-31-33(21)18-6-3-16(26)4-7-18;/h3-14,23H,1-2H3,(H,32,34);1H4/t14-,23-;/m0./s1. The molecule has 0 aliphatic rings. The molecule has 2 atom stereocenters. The summed E-state index contributed by atoms with van der Waals surface area (Å²) in [6.07, 6.45) is -4.82. The number of nitrogens with zero attached hydrogens (tertiary/aromatic N) is 2. The van der Waals surface area contributed by atoms with Crippen LogP contribution in [0.5, 0.6) is 11.5 Å². The second-order valence-corrected chi connectivity index (χ2v) is 7.94. The van der Waals surface area contributed by atoms with Crippen molar-refractivity contribution < 1.29 is 36.2 Å². The first-order chi connectivity index (χ1) is 17.1. The highest BCUT2D eigenvalue weighted by Crippen LogP contribution is 2.34. The van der Waals surface area contributed by atoms with Gasteiger partial charge in [-0.25, -0.2) is 13.5 Å². The zero-order chi connectivity index (χ0) is 26.0. The fourth-order valence-electron chi connectivity index (χ4n) is 3.75. The molecule has 0 saturated heterocycles. The minimum Gasteiger partial charge on any atom is -0.496 e. The molecule has 0 aliphatic heterocycles. The molecule has 4 aromatic rings. The largest absolute Gasteiger partial charge is 0.496 e. The predicted octanol–water partition coefficient (Wildman–Crippen LogP) is 6.14. The topological polar surface area (TPSA) is 65.4 Å². The molecule has 1 heterocycles. The molecule has 0 spiro atoms. The van der Waals surface area contributed by atoms with E-state index in [0.717, 1.165) is 12.1 Å². The number of nitrogens with one attached hydrogen (secondary N) is 1. The number of aromatic nitrogens is 2.